The molecule has 0 aromatic rings. The Labute approximate surface area is 136 Å². The Morgan fingerprint density at radius 3 is 2.43 bits per heavy atom. The van der Waals surface area contributed by atoms with E-state index in [0.29, 0.717) is 17.9 Å². The van der Waals surface area contributed by atoms with E-state index in [9.17, 15) is 25.2 Å². The monoisotopic (exact) mass is 328 g/mol. The molecule has 132 valence electrons. The Bertz CT molecular complexity index is 446. The SMILES string of the molecule is CCCC1CC(=O)C(C2OC(CO)C(O)C(O)C2O)=CC1CC. The highest BCUT2D eigenvalue weighted by Gasteiger charge is 2.47. The Morgan fingerprint density at radius 2 is 1.87 bits per heavy atom. The number of carbonyl (C=O) groups excluding carboxylic acids is 1. The minimum atomic E-state index is -1.45. The standard InChI is InChI=1S/C17H28O6/c1-3-5-10-7-12(19)11(6-9(10)4-2)17-16(22)15(21)14(20)13(8-18)23-17/h6,9-10,13-18,20-22H,3-5,7-8H2,1-2H3. The van der Waals surface area contributed by atoms with Crippen LogP contribution in [0.1, 0.15) is 39.5 Å². The molecule has 7 unspecified atom stereocenters. The summed E-state index contributed by atoms with van der Waals surface area (Å²) in [6.45, 7) is 3.66. The van der Waals surface area contributed by atoms with Crippen LogP contribution < -0.4 is 0 Å². The lowest BCUT2D eigenvalue weighted by Gasteiger charge is -2.42. The Kier molecular flexibility index (Phi) is 6.33. The fourth-order valence-corrected chi connectivity index (χ4v) is 3.72. The molecule has 0 radical (unpaired) electrons. The highest BCUT2D eigenvalue weighted by atomic mass is 16.5. The van der Waals surface area contributed by atoms with Crippen LogP contribution in [-0.2, 0) is 9.53 Å². The first kappa shape index (κ1) is 18.5. The van der Waals surface area contributed by atoms with E-state index in [2.05, 4.69) is 13.8 Å². The van der Waals surface area contributed by atoms with E-state index in [1.54, 1.807) is 0 Å². The quantitative estimate of drug-likeness (QED) is 0.573. The first-order valence-electron chi connectivity index (χ1n) is 8.49. The van der Waals surface area contributed by atoms with Crippen molar-refractivity contribution in [3.05, 3.63) is 11.6 Å². The average Bonchev–Trinajstić information content (AvgIpc) is 2.54. The number of Topliss-reactive ketones (excluding diaryl/α,β-unsaturated/α-hetero) is 1. The Hall–Kier alpha value is -0.790. The van der Waals surface area contributed by atoms with Crippen molar-refractivity contribution in [1.29, 1.82) is 0 Å². The van der Waals surface area contributed by atoms with Gasteiger partial charge in [-0.05, 0) is 24.7 Å². The normalized spacial score (nSPS) is 41.7. The van der Waals surface area contributed by atoms with Crippen LogP contribution >= 0.6 is 0 Å². The van der Waals surface area contributed by atoms with Crippen molar-refractivity contribution in [2.75, 3.05) is 6.61 Å². The Morgan fingerprint density at radius 1 is 1.17 bits per heavy atom. The molecule has 1 heterocycles. The third-order valence-electron chi connectivity index (χ3n) is 5.10. The first-order chi connectivity index (χ1) is 10.9. The number of aliphatic hydroxyl groups excluding tert-OH is 4. The van der Waals surface area contributed by atoms with Gasteiger partial charge < -0.3 is 25.2 Å². The van der Waals surface area contributed by atoms with Crippen molar-refractivity contribution in [2.45, 2.75) is 70.1 Å². The maximum atomic E-state index is 12.5. The van der Waals surface area contributed by atoms with Crippen LogP contribution in [0.4, 0.5) is 0 Å². The first-order valence-corrected chi connectivity index (χ1v) is 8.49. The van der Waals surface area contributed by atoms with Crippen LogP contribution in [0, 0.1) is 11.8 Å². The molecule has 1 fully saturated rings. The van der Waals surface area contributed by atoms with Gasteiger partial charge in [-0.3, -0.25) is 4.79 Å². The maximum absolute atomic E-state index is 12.5. The summed E-state index contributed by atoms with van der Waals surface area (Å²) in [4.78, 5) is 12.5. The highest BCUT2D eigenvalue weighted by molar-refractivity contribution is 5.97. The van der Waals surface area contributed by atoms with E-state index in [1.807, 2.05) is 6.08 Å². The summed E-state index contributed by atoms with van der Waals surface area (Å²) in [5, 5.41) is 39.3. The number of ether oxygens (including phenoxy) is 1. The minimum Gasteiger partial charge on any atom is -0.394 e. The number of hydrogen-bond acceptors (Lipinski definition) is 6. The molecule has 0 saturated carbocycles. The largest absolute Gasteiger partial charge is 0.394 e. The summed E-state index contributed by atoms with van der Waals surface area (Å²) in [5.41, 5.74) is 0.362. The topological polar surface area (TPSA) is 107 Å². The summed E-state index contributed by atoms with van der Waals surface area (Å²) >= 11 is 0. The molecule has 7 atom stereocenters. The average molecular weight is 328 g/mol. The molecule has 0 spiro atoms. The van der Waals surface area contributed by atoms with Gasteiger partial charge in [-0.15, -0.1) is 0 Å². The van der Waals surface area contributed by atoms with Crippen molar-refractivity contribution >= 4 is 5.78 Å². The van der Waals surface area contributed by atoms with Crippen molar-refractivity contribution in [1.82, 2.24) is 0 Å². The number of hydrogen-bond donors (Lipinski definition) is 4. The maximum Gasteiger partial charge on any atom is 0.161 e. The van der Waals surface area contributed by atoms with Crippen molar-refractivity contribution < 1.29 is 30.0 Å². The van der Waals surface area contributed by atoms with E-state index in [1.165, 1.54) is 0 Å². The molecule has 4 N–H and O–H groups in total. The van der Waals surface area contributed by atoms with Crippen LogP contribution in [0.3, 0.4) is 0 Å². The summed E-state index contributed by atoms with van der Waals surface area (Å²) in [5.74, 6) is 0.443. The number of carbonyl (C=O) groups is 1. The summed E-state index contributed by atoms with van der Waals surface area (Å²) < 4.78 is 5.53. The third-order valence-corrected chi connectivity index (χ3v) is 5.10. The van der Waals surface area contributed by atoms with Crippen LogP contribution in [0.15, 0.2) is 11.6 Å². The number of rotatable bonds is 5. The van der Waals surface area contributed by atoms with Gasteiger partial charge in [0, 0.05) is 12.0 Å². The van der Waals surface area contributed by atoms with E-state index < -0.39 is 37.1 Å². The van der Waals surface area contributed by atoms with Gasteiger partial charge in [0.2, 0.25) is 0 Å². The minimum absolute atomic E-state index is 0.0857. The molecule has 1 aliphatic carbocycles. The molecule has 0 bridgehead atoms. The fraction of sp³-hybridized carbons (Fsp3) is 0.824. The lowest BCUT2D eigenvalue weighted by molar-refractivity contribution is -0.220. The van der Waals surface area contributed by atoms with Gasteiger partial charge in [0.05, 0.1) is 6.61 Å². The van der Waals surface area contributed by atoms with Crippen LogP contribution in [0.25, 0.3) is 0 Å². The molecule has 1 saturated heterocycles. The second-order valence-corrected chi connectivity index (χ2v) is 6.62. The zero-order valence-corrected chi connectivity index (χ0v) is 13.8. The van der Waals surface area contributed by atoms with E-state index in [0.717, 1.165) is 19.3 Å². The van der Waals surface area contributed by atoms with Crippen LogP contribution in [-0.4, -0.2) is 63.3 Å². The second-order valence-electron chi connectivity index (χ2n) is 6.62. The molecule has 6 heteroatoms. The molecule has 23 heavy (non-hydrogen) atoms. The zero-order chi connectivity index (χ0) is 17.1. The molecule has 0 aromatic carbocycles. The van der Waals surface area contributed by atoms with Crippen LogP contribution in [0.2, 0.25) is 0 Å². The Balaban J connectivity index is 2.26. The van der Waals surface area contributed by atoms with E-state index in [-0.39, 0.29) is 11.7 Å². The predicted octanol–water partition coefficient (Wildman–Crippen LogP) is 0.170. The zero-order valence-electron chi connectivity index (χ0n) is 13.8. The number of allylic oxidation sites excluding steroid dienone is 1. The highest BCUT2D eigenvalue weighted by Crippen LogP contribution is 2.36. The molecule has 2 rings (SSSR count). The predicted molar refractivity (Wildman–Crippen MR) is 83.7 cm³/mol. The number of aliphatic hydroxyl groups is 4. The lowest BCUT2D eigenvalue weighted by atomic mass is 9.74. The third kappa shape index (κ3) is 3.67. The smallest absolute Gasteiger partial charge is 0.161 e. The molecule has 2 aliphatic rings. The summed E-state index contributed by atoms with van der Waals surface area (Å²) in [7, 11) is 0. The molecule has 1 aliphatic heterocycles. The van der Waals surface area contributed by atoms with E-state index >= 15 is 0 Å². The summed E-state index contributed by atoms with van der Waals surface area (Å²) in [6, 6.07) is 0. The fourth-order valence-electron chi connectivity index (χ4n) is 3.72. The van der Waals surface area contributed by atoms with Gasteiger partial charge in [-0.2, -0.15) is 0 Å². The van der Waals surface area contributed by atoms with Crippen molar-refractivity contribution in [3.63, 3.8) is 0 Å². The van der Waals surface area contributed by atoms with Crippen molar-refractivity contribution in [3.8, 4) is 0 Å². The van der Waals surface area contributed by atoms with Gasteiger partial charge >= 0.3 is 0 Å². The van der Waals surface area contributed by atoms with Gasteiger partial charge in [-0.1, -0.05) is 26.3 Å². The second kappa shape index (κ2) is 7.85. The lowest BCUT2D eigenvalue weighted by Crippen LogP contribution is -2.59. The molecular weight excluding hydrogens is 300 g/mol. The van der Waals surface area contributed by atoms with Gasteiger partial charge in [0.25, 0.3) is 0 Å². The van der Waals surface area contributed by atoms with Crippen LogP contribution in [0.5, 0.6) is 0 Å². The van der Waals surface area contributed by atoms with Gasteiger partial charge in [-0.25, -0.2) is 0 Å². The molecule has 0 aromatic heterocycles. The molecule has 0 amide bonds. The van der Waals surface area contributed by atoms with E-state index in [4.69, 9.17) is 4.74 Å². The number of ketones is 1. The molecule has 6 nitrogen and oxygen atoms in total. The molecular formula is C17H28O6. The summed E-state index contributed by atoms with van der Waals surface area (Å²) in [6.07, 6.45) is -1.09. The van der Waals surface area contributed by atoms with Gasteiger partial charge in [0.15, 0.2) is 5.78 Å². The van der Waals surface area contributed by atoms with Crippen molar-refractivity contribution in [2.24, 2.45) is 11.8 Å². The van der Waals surface area contributed by atoms with Gasteiger partial charge in [0.1, 0.15) is 30.5 Å².